The van der Waals surface area contributed by atoms with Gasteiger partial charge in [-0.3, -0.25) is 0 Å². The van der Waals surface area contributed by atoms with Gasteiger partial charge < -0.3 is 19.4 Å². The summed E-state index contributed by atoms with van der Waals surface area (Å²) in [4.78, 5) is 5.55. The number of nitrogens with one attached hydrogen (secondary N) is 1. The number of aromatic nitrogens is 1. The standard InChI is InChI=1S/C17H20N2O2/c1-19(2)10-11-21-15-9-5-7-13-12-6-4-8-14(20-3)16(12)18-17(13)15/h4-9,18H,10-11H2,1-3H3. The first-order valence-electron chi connectivity index (χ1n) is 7.05. The molecule has 0 radical (unpaired) electrons. The van der Waals surface area contributed by atoms with Crippen molar-refractivity contribution in [3.05, 3.63) is 36.4 Å². The molecule has 1 N–H and O–H groups in total. The summed E-state index contributed by atoms with van der Waals surface area (Å²) in [5.74, 6) is 1.73. The first kappa shape index (κ1) is 13.8. The number of fused-ring (bicyclic) bond motifs is 3. The van der Waals surface area contributed by atoms with E-state index >= 15 is 0 Å². The molecule has 2 aromatic carbocycles. The van der Waals surface area contributed by atoms with Crippen LogP contribution in [0.25, 0.3) is 21.8 Å². The molecule has 0 amide bonds. The molecule has 0 saturated heterocycles. The zero-order valence-electron chi connectivity index (χ0n) is 12.6. The predicted octanol–water partition coefficient (Wildman–Crippen LogP) is 3.27. The third-order valence-electron chi connectivity index (χ3n) is 3.61. The van der Waals surface area contributed by atoms with E-state index in [1.807, 2.05) is 38.4 Å². The van der Waals surface area contributed by atoms with Crippen LogP contribution in [0.1, 0.15) is 0 Å². The molecule has 0 atom stereocenters. The Morgan fingerprint density at radius 2 is 1.57 bits per heavy atom. The Kier molecular flexibility index (Phi) is 3.71. The summed E-state index contributed by atoms with van der Waals surface area (Å²) < 4.78 is 11.4. The molecule has 0 aliphatic heterocycles. The zero-order valence-corrected chi connectivity index (χ0v) is 12.6. The van der Waals surface area contributed by atoms with E-state index in [0.717, 1.165) is 39.8 Å². The lowest BCUT2D eigenvalue weighted by molar-refractivity contribution is 0.263. The summed E-state index contributed by atoms with van der Waals surface area (Å²) in [6.07, 6.45) is 0. The normalized spacial score (nSPS) is 11.4. The Balaban J connectivity index is 2.06. The van der Waals surface area contributed by atoms with E-state index < -0.39 is 0 Å². The van der Waals surface area contributed by atoms with Crippen LogP contribution in [0.3, 0.4) is 0 Å². The highest BCUT2D eigenvalue weighted by Crippen LogP contribution is 2.35. The Labute approximate surface area is 124 Å². The summed E-state index contributed by atoms with van der Waals surface area (Å²) in [7, 11) is 5.77. The van der Waals surface area contributed by atoms with E-state index in [-0.39, 0.29) is 0 Å². The number of H-pyrrole nitrogens is 1. The van der Waals surface area contributed by atoms with Crippen LogP contribution in [0.2, 0.25) is 0 Å². The van der Waals surface area contributed by atoms with Crippen LogP contribution >= 0.6 is 0 Å². The number of aromatic amines is 1. The second-order valence-corrected chi connectivity index (χ2v) is 5.34. The van der Waals surface area contributed by atoms with Gasteiger partial charge in [0, 0.05) is 17.3 Å². The highest BCUT2D eigenvalue weighted by atomic mass is 16.5. The average molecular weight is 284 g/mol. The average Bonchev–Trinajstić information content (AvgIpc) is 2.86. The van der Waals surface area contributed by atoms with Gasteiger partial charge in [-0.25, -0.2) is 0 Å². The molecule has 0 aliphatic rings. The van der Waals surface area contributed by atoms with Gasteiger partial charge in [-0.05, 0) is 26.2 Å². The summed E-state index contributed by atoms with van der Waals surface area (Å²) in [6.45, 7) is 1.55. The number of methoxy groups -OCH3 is 1. The molecule has 0 aliphatic carbocycles. The topological polar surface area (TPSA) is 37.5 Å². The van der Waals surface area contributed by atoms with Gasteiger partial charge in [-0.2, -0.15) is 0 Å². The van der Waals surface area contributed by atoms with E-state index in [0.29, 0.717) is 6.61 Å². The number of nitrogens with zero attached hydrogens (tertiary/aromatic N) is 1. The quantitative estimate of drug-likeness (QED) is 0.781. The maximum absolute atomic E-state index is 5.92. The van der Waals surface area contributed by atoms with E-state index in [1.165, 1.54) is 0 Å². The van der Waals surface area contributed by atoms with Gasteiger partial charge in [0.25, 0.3) is 0 Å². The molecule has 0 fully saturated rings. The van der Waals surface area contributed by atoms with Gasteiger partial charge in [-0.15, -0.1) is 0 Å². The van der Waals surface area contributed by atoms with Crippen molar-refractivity contribution in [3.8, 4) is 11.5 Å². The maximum Gasteiger partial charge on any atom is 0.143 e. The Morgan fingerprint density at radius 3 is 2.19 bits per heavy atom. The Hall–Kier alpha value is -2.20. The fourth-order valence-electron chi connectivity index (χ4n) is 2.52. The second-order valence-electron chi connectivity index (χ2n) is 5.34. The number of hydrogen-bond acceptors (Lipinski definition) is 3. The number of rotatable bonds is 5. The molecule has 3 aromatic rings. The monoisotopic (exact) mass is 284 g/mol. The molecule has 21 heavy (non-hydrogen) atoms. The molecular weight excluding hydrogens is 264 g/mol. The lowest BCUT2D eigenvalue weighted by Gasteiger charge is -2.11. The van der Waals surface area contributed by atoms with Gasteiger partial charge in [0.05, 0.1) is 18.1 Å². The fourth-order valence-corrected chi connectivity index (χ4v) is 2.52. The first-order valence-corrected chi connectivity index (χ1v) is 7.05. The Bertz CT molecular complexity index is 762. The molecule has 4 nitrogen and oxygen atoms in total. The fraction of sp³-hybridized carbons (Fsp3) is 0.294. The smallest absolute Gasteiger partial charge is 0.143 e. The number of hydrogen-bond donors (Lipinski definition) is 1. The molecule has 1 heterocycles. The SMILES string of the molecule is COc1cccc2c1[nH]c1c(OCCN(C)C)cccc12. The summed E-state index contributed by atoms with van der Waals surface area (Å²) in [6, 6.07) is 12.2. The van der Waals surface area contributed by atoms with Crippen LogP contribution in [-0.4, -0.2) is 44.2 Å². The predicted molar refractivity (Wildman–Crippen MR) is 86.4 cm³/mol. The number of ether oxygens (including phenoxy) is 2. The van der Waals surface area contributed by atoms with Crippen molar-refractivity contribution in [2.75, 3.05) is 34.4 Å². The number of likely N-dealkylation sites (N-methyl/N-ethyl adjacent to an activating group) is 1. The van der Waals surface area contributed by atoms with Crippen molar-refractivity contribution in [3.63, 3.8) is 0 Å². The van der Waals surface area contributed by atoms with Gasteiger partial charge in [0.15, 0.2) is 0 Å². The van der Waals surface area contributed by atoms with E-state index in [4.69, 9.17) is 9.47 Å². The molecule has 0 unspecified atom stereocenters. The molecule has 1 aromatic heterocycles. The summed E-state index contributed by atoms with van der Waals surface area (Å²) in [5, 5.41) is 2.31. The number of benzene rings is 2. The van der Waals surface area contributed by atoms with Crippen LogP contribution in [0.4, 0.5) is 0 Å². The minimum atomic E-state index is 0.665. The van der Waals surface area contributed by atoms with Crippen LogP contribution in [0.15, 0.2) is 36.4 Å². The van der Waals surface area contributed by atoms with E-state index in [1.54, 1.807) is 7.11 Å². The van der Waals surface area contributed by atoms with Crippen LogP contribution in [0, 0.1) is 0 Å². The van der Waals surface area contributed by atoms with E-state index in [9.17, 15) is 0 Å². The van der Waals surface area contributed by atoms with Gasteiger partial charge in [-0.1, -0.05) is 24.3 Å². The van der Waals surface area contributed by atoms with Crippen LogP contribution in [-0.2, 0) is 0 Å². The van der Waals surface area contributed by atoms with Crippen molar-refractivity contribution < 1.29 is 9.47 Å². The number of para-hydroxylation sites is 2. The third-order valence-corrected chi connectivity index (χ3v) is 3.61. The molecule has 110 valence electrons. The lowest BCUT2D eigenvalue weighted by atomic mass is 10.1. The molecular formula is C17H20N2O2. The van der Waals surface area contributed by atoms with Crippen molar-refractivity contribution >= 4 is 21.8 Å². The van der Waals surface area contributed by atoms with Gasteiger partial charge in [0.2, 0.25) is 0 Å². The summed E-state index contributed by atoms with van der Waals surface area (Å²) >= 11 is 0. The molecule has 0 saturated carbocycles. The second kappa shape index (κ2) is 5.66. The van der Waals surface area contributed by atoms with Gasteiger partial charge in [0.1, 0.15) is 18.1 Å². The molecule has 3 rings (SSSR count). The van der Waals surface area contributed by atoms with Crippen molar-refractivity contribution in [2.24, 2.45) is 0 Å². The maximum atomic E-state index is 5.92. The minimum absolute atomic E-state index is 0.665. The van der Waals surface area contributed by atoms with Crippen molar-refractivity contribution in [2.45, 2.75) is 0 Å². The molecule has 4 heteroatoms. The largest absolute Gasteiger partial charge is 0.495 e. The van der Waals surface area contributed by atoms with Crippen molar-refractivity contribution in [1.29, 1.82) is 0 Å². The minimum Gasteiger partial charge on any atom is -0.495 e. The zero-order chi connectivity index (χ0) is 14.8. The Morgan fingerprint density at radius 1 is 0.952 bits per heavy atom. The van der Waals surface area contributed by atoms with Crippen LogP contribution < -0.4 is 9.47 Å². The van der Waals surface area contributed by atoms with Gasteiger partial charge >= 0.3 is 0 Å². The molecule has 0 spiro atoms. The lowest BCUT2D eigenvalue weighted by Crippen LogP contribution is -2.19. The first-order chi connectivity index (χ1) is 10.2. The highest BCUT2D eigenvalue weighted by Gasteiger charge is 2.11. The molecule has 0 bridgehead atoms. The van der Waals surface area contributed by atoms with Crippen molar-refractivity contribution in [1.82, 2.24) is 9.88 Å². The van der Waals surface area contributed by atoms with Crippen LogP contribution in [0.5, 0.6) is 11.5 Å². The highest BCUT2D eigenvalue weighted by molar-refractivity contribution is 6.10. The van der Waals surface area contributed by atoms with E-state index in [2.05, 4.69) is 22.0 Å². The third kappa shape index (κ3) is 2.54. The summed E-state index contributed by atoms with van der Waals surface area (Å²) in [5.41, 5.74) is 2.04.